The Bertz CT molecular complexity index is 1190. The molecule has 4 heterocycles. The summed E-state index contributed by atoms with van der Waals surface area (Å²) in [5.41, 5.74) is 0.506. The summed E-state index contributed by atoms with van der Waals surface area (Å²) < 4.78 is 44.9. The van der Waals surface area contributed by atoms with Gasteiger partial charge in [0.05, 0.1) is 28.9 Å². The Morgan fingerprint density at radius 2 is 2.16 bits per heavy atom. The number of halogens is 3. The van der Waals surface area contributed by atoms with Gasteiger partial charge in [0.1, 0.15) is 12.4 Å². The molecule has 1 unspecified atom stereocenters. The highest BCUT2D eigenvalue weighted by Crippen LogP contribution is 2.41. The van der Waals surface area contributed by atoms with Crippen LogP contribution in [0.4, 0.5) is 24.7 Å². The van der Waals surface area contributed by atoms with Gasteiger partial charge in [0.25, 0.3) is 0 Å². The summed E-state index contributed by atoms with van der Waals surface area (Å²) in [4.78, 5) is 2.06. The third-order valence-electron chi connectivity index (χ3n) is 5.24. The quantitative estimate of drug-likeness (QED) is 0.638. The van der Waals surface area contributed by atoms with E-state index in [1.165, 1.54) is 29.6 Å². The maximum Gasteiger partial charge on any atom is 0.416 e. The fraction of sp³-hybridized carbons (Fsp3) is 0.300. The van der Waals surface area contributed by atoms with Gasteiger partial charge in [-0.2, -0.15) is 23.5 Å². The van der Waals surface area contributed by atoms with Crippen molar-refractivity contribution in [1.29, 1.82) is 5.26 Å². The number of nitrogens with zero attached hydrogens (tertiary/aromatic N) is 6. The molecule has 1 atom stereocenters. The van der Waals surface area contributed by atoms with E-state index in [-0.39, 0.29) is 11.6 Å². The predicted molar refractivity (Wildman–Crippen MR) is 116 cm³/mol. The number of benzene rings is 1. The number of thioether (sulfide) groups is 2. The van der Waals surface area contributed by atoms with Gasteiger partial charge in [-0.15, -0.1) is 10.2 Å². The van der Waals surface area contributed by atoms with Crippen LogP contribution in [0.2, 0.25) is 0 Å². The zero-order valence-electron chi connectivity index (χ0n) is 16.6. The maximum absolute atomic E-state index is 12.9. The molecule has 0 saturated carbocycles. The zero-order chi connectivity index (χ0) is 22.5. The normalized spacial score (nSPS) is 19.3. The van der Waals surface area contributed by atoms with Crippen LogP contribution in [0.3, 0.4) is 0 Å². The van der Waals surface area contributed by atoms with Crippen LogP contribution in [0.15, 0.2) is 46.4 Å². The SMILES string of the molecule is CN1N=C(SCc2ccc(C(F)(F)F)cc2C#N)Sc2nnc(N3C=C4CC3CO4)cc21. The first-order valence-electron chi connectivity index (χ1n) is 9.54. The van der Waals surface area contributed by atoms with Crippen LogP contribution < -0.4 is 9.91 Å². The van der Waals surface area contributed by atoms with Crippen LogP contribution in [0.5, 0.6) is 0 Å². The van der Waals surface area contributed by atoms with E-state index in [0.717, 1.165) is 35.8 Å². The Labute approximate surface area is 189 Å². The van der Waals surface area contributed by atoms with Gasteiger partial charge in [-0.3, -0.25) is 5.01 Å². The third kappa shape index (κ3) is 3.86. The lowest BCUT2D eigenvalue weighted by Gasteiger charge is -2.26. The van der Waals surface area contributed by atoms with Crippen molar-refractivity contribution in [2.75, 3.05) is 23.6 Å². The fourth-order valence-corrected chi connectivity index (χ4v) is 5.65. The van der Waals surface area contributed by atoms with Crippen LogP contribution in [0.1, 0.15) is 23.1 Å². The number of hydrazone groups is 1. The molecule has 3 aliphatic rings. The largest absolute Gasteiger partial charge is 0.494 e. The number of nitriles is 1. The van der Waals surface area contributed by atoms with Crippen molar-refractivity contribution < 1.29 is 17.9 Å². The fourth-order valence-electron chi connectivity index (χ4n) is 3.59. The lowest BCUT2D eigenvalue weighted by molar-refractivity contribution is -0.137. The molecule has 1 aromatic carbocycles. The van der Waals surface area contributed by atoms with E-state index in [4.69, 9.17) is 4.74 Å². The van der Waals surface area contributed by atoms with Crippen molar-refractivity contribution in [1.82, 2.24) is 10.2 Å². The molecule has 1 saturated heterocycles. The highest BCUT2D eigenvalue weighted by molar-refractivity contribution is 8.38. The van der Waals surface area contributed by atoms with Crippen molar-refractivity contribution >= 4 is 39.4 Å². The minimum absolute atomic E-state index is 0.00457. The molecule has 0 N–H and O–H groups in total. The van der Waals surface area contributed by atoms with Gasteiger partial charge in [0.15, 0.2) is 15.2 Å². The Balaban J connectivity index is 1.30. The standard InChI is InChI=1S/C20H15F3N6OS2/c1-28-16-6-17(29-8-15-5-14(29)9-30-15)25-26-18(16)32-19(27-28)31-10-11-2-3-13(20(21,22)23)4-12(11)7-24/h2-4,6,8,14H,5,9-10H2,1H3. The molecule has 0 spiro atoms. The van der Waals surface area contributed by atoms with E-state index in [2.05, 4.69) is 20.2 Å². The Morgan fingerprint density at radius 3 is 2.84 bits per heavy atom. The van der Waals surface area contributed by atoms with Crippen molar-refractivity contribution in [2.24, 2.45) is 5.10 Å². The number of anilines is 2. The van der Waals surface area contributed by atoms with Crippen molar-refractivity contribution in [3.63, 3.8) is 0 Å². The summed E-state index contributed by atoms with van der Waals surface area (Å²) in [5.74, 6) is 1.99. The number of rotatable bonds is 3. The number of fused-ring (bicyclic) bond motifs is 3. The molecule has 0 radical (unpaired) electrons. The molecule has 2 bridgehead atoms. The molecule has 5 rings (SSSR count). The minimum atomic E-state index is -4.48. The van der Waals surface area contributed by atoms with Gasteiger partial charge in [0.2, 0.25) is 0 Å². The molecule has 2 aromatic rings. The third-order valence-corrected chi connectivity index (χ3v) is 7.37. The monoisotopic (exact) mass is 476 g/mol. The summed E-state index contributed by atoms with van der Waals surface area (Å²) >= 11 is 2.68. The molecule has 0 aliphatic carbocycles. The van der Waals surface area contributed by atoms with Crippen molar-refractivity contribution in [3.05, 3.63) is 52.9 Å². The van der Waals surface area contributed by atoms with Crippen molar-refractivity contribution in [3.8, 4) is 6.07 Å². The Morgan fingerprint density at radius 1 is 1.31 bits per heavy atom. The van der Waals surface area contributed by atoms with Gasteiger partial charge < -0.3 is 9.64 Å². The summed E-state index contributed by atoms with van der Waals surface area (Å²) in [6.45, 7) is 0.642. The zero-order valence-corrected chi connectivity index (χ0v) is 18.3. The molecule has 32 heavy (non-hydrogen) atoms. The van der Waals surface area contributed by atoms with E-state index in [9.17, 15) is 18.4 Å². The average molecular weight is 477 g/mol. The Kier molecular flexibility index (Phi) is 5.17. The molecular formula is C20H15F3N6OS2. The summed E-state index contributed by atoms with van der Waals surface area (Å²) in [6.07, 6.45) is -1.67. The minimum Gasteiger partial charge on any atom is -0.494 e. The van der Waals surface area contributed by atoms with E-state index in [1.807, 2.05) is 18.3 Å². The summed E-state index contributed by atoms with van der Waals surface area (Å²) in [7, 11) is 1.81. The number of hydrogen-bond donors (Lipinski definition) is 0. The van der Waals surface area contributed by atoms with Crippen molar-refractivity contribution in [2.45, 2.75) is 29.4 Å². The predicted octanol–water partition coefficient (Wildman–Crippen LogP) is 4.56. The van der Waals surface area contributed by atoms with Gasteiger partial charge in [-0.1, -0.05) is 17.8 Å². The first-order chi connectivity index (χ1) is 15.3. The number of aromatic nitrogens is 2. The lowest BCUT2D eigenvalue weighted by Crippen LogP contribution is -2.31. The van der Waals surface area contributed by atoms with Gasteiger partial charge in [0, 0.05) is 31.5 Å². The second-order valence-corrected chi connectivity index (χ2v) is 9.53. The smallest absolute Gasteiger partial charge is 0.416 e. The number of ether oxygens (including phenoxy) is 1. The molecule has 12 heteroatoms. The van der Waals surface area contributed by atoms with E-state index < -0.39 is 11.7 Å². The summed E-state index contributed by atoms with van der Waals surface area (Å²) in [6, 6.07) is 7.24. The van der Waals surface area contributed by atoms with E-state index >= 15 is 0 Å². The lowest BCUT2D eigenvalue weighted by atomic mass is 10.1. The molecule has 3 aliphatic heterocycles. The van der Waals surface area contributed by atoms with Gasteiger partial charge in [-0.05, 0) is 29.5 Å². The first kappa shape index (κ1) is 21.0. The van der Waals surface area contributed by atoms with Crippen LogP contribution in [0.25, 0.3) is 0 Å². The molecule has 164 valence electrons. The van der Waals surface area contributed by atoms with E-state index in [0.29, 0.717) is 27.3 Å². The molecule has 1 fully saturated rings. The number of alkyl halides is 3. The number of hydrogen-bond acceptors (Lipinski definition) is 9. The second kappa shape index (κ2) is 7.90. The average Bonchev–Trinajstić information content (AvgIpc) is 3.40. The topological polar surface area (TPSA) is 77.6 Å². The molecule has 7 nitrogen and oxygen atoms in total. The first-order valence-corrected chi connectivity index (χ1v) is 11.3. The van der Waals surface area contributed by atoms with Gasteiger partial charge >= 0.3 is 6.18 Å². The van der Waals surface area contributed by atoms with Crippen LogP contribution in [0, 0.1) is 11.3 Å². The summed E-state index contributed by atoms with van der Waals surface area (Å²) in [5, 5.41) is 24.9. The molecule has 1 aromatic heterocycles. The molecule has 0 amide bonds. The second-order valence-electron chi connectivity index (χ2n) is 7.33. The maximum atomic E-state index is 12.9. The van der Waals surface area contributed by atoms with Crippen LogP contribution in [-0.2, 0) is 16.7 Å². The van der Waals surface area contributed by atoms with Crippen LogP contribution >= 0.6 is 23.5 Å². The van der Waals surface area contributed by atoms with Gasteiger partial charge in [-0.25, -0.2) is 0 Å². The van der Waals surface area contributed by atoms with Crippen LogP contribution in [-0.4, -0.2) is 34.3 Å². The Hall–Kier alpha value is -2.91. The highest BCUT2D eigenvalue weighted by Gasteiger charge is 2.35. The highest BCUT2D eigenvalue weighted by atomic mass is 32.2. The molecular weight excluding hydrogens is 461 g/mol. The van der Waals surface area contributed by atoms with E-state index in [1.54, 1.807) is 12.1 Å².